The van der Waals surface area contributed by atoms with E-state index in [-0.39, 0.29) is 23.9 Å². The van der Waals surface area contributed by atoms with E-state index in [2.05, 4.69) is 43.1 Å². The van der Waals surface area contributed by atoms with Crippen molar-refractivity contribution in [1.82, 2.24) is 4.90 Å². The highest BCUT2D eigenvalue weighted by Gasteiger charge is 2.23. The van der Waals surface area contributed by atoms with E-state index in [1.807, 2.05) is 19.1 Å². The number of piperidine rings is 1. The normalized spacial score (nSPS) is 14.9. The number of halogens is 1. The summed E-state index contributed by atoms with van der Waals surface area (Å²) in [6.07, 6.45) is 3.55. The summed E-state index contributed by atoms with van der Waals surface area (Å²) < 4.78 is 0. The Bertz CT molecular complexity index is 699. The number of carbonyl (C=O) groups is 1. The molecule has 148 valence electrons. The maximum absolute atomic E-state index is 12.6. The lowest BCUT2D eigenvalue weighted by Gasteiger charge is -2.30. The van der Waals surface area contributed by atoms with E-state index in [0.717, 1.165) is 50.3 Å². The summed E-state index contributed by atoms with van der Waals surface area (Å²) in [7, 11) is 0. The number of benzene rings is 1. The molecule has 0 bridgehead atoms. The third kappa shape index (κ3) is 5.90. The maximum atomic E-state index is 12.6. The fourth-order valence-corrected chi connectivity index (χ4v) is 3.27. The van der Waals surface area contributed by atoms with Crippen LogP contribution in [0.2, 0.25) is 0 Å². The number of carbonyl (C=O) groups excluding carboxylic acids is 1. The van der Waals surface area contributed by atoms with E-state index >= 15 is 0 Å². The highest BCUT2D eigenvalue weighted by molar-refractivity contribution is 5.97. The molecule has 1 amide bonds. The largest absolute Gasteiger partial charge is 1.00 e. The number of anilines is 2. The summed E-state index contributed by atoms with van der Waals surface area (Å²) in [6.45, 7) is 11.9. The van der Waals surface area contributed by atoms with Crippen LogP contribution in [-0.4, -0.2) is 37.0 Å². The molecule has 5 nitrogen and oxygen atoms in total. The van der Waals surface area contributed by atoms with Gasteiger partial charge in [0.2, 0.25) is 0 Å². The molecule has 1 aliphatic heterocycles. The summed E-state index contributed by atoms with van der Waals surface area (Å²) in [5, 5.41) is 12.5. The van der Waals surface area contributed by atoms with Gasteiger partial charge in [0, 0.05) is 43.8 Å². The van der Waals surface area contributed by atoms with Gasteiger partial charge in [-0.2, -0.15) is 5.26 Å². The smallest absolute Gasteiger partial charge is 0.266 e. The molecular formula is C21H30ClN4O-. The third-order valence-corrected chi connectivity index (χ3v) is 5.13. The number of hydrogen-bond donors (Lipinski definition) is 1. The minimum absolute atomic E-state index is 0. The van der Waals surface area contributed by atoms with Crippen molar-refractivity contribution in [2.45, 2.75) is 40.5 Å². The molecule has 27 heavy (non-hydrogen) atoms. The number of hydrogen-bond acceptors (Lipinski definition) is 4. The molecule has 0 atom stereocenters. The second-order valence-corrected chi connectivity index (χ2v) is 6.96. The van der Waals surface area contributed by atoms with Crippen molar-refractivity contribution in [2.24, 2.45) is 5.92 Å². The van der Waals surface area contributed by atoms with Crippen molar-refractivity contribution in [2.75, 3.05) is 36.4 Å². The van der Waals surface area contributed by atoms with Crippen LogP contribution in [0.15, 0.2) is 30.0 Å². The number of likely N-dealkylation sites (tertiary alicyclic amines) is 1. The van der Waals surface area contributed by atoms with Crippen LogP contribution >= 0.6 is 0 Å². The minimum Gasteiger partial charge on any atom is -1.00 e. The zero-order chi connectivity index (χ0) is 19.1. The zero-order valence-electron chi connectivity index (χ0n) is 16.8. The number of rotatable bonds is 6. The van der Waals surface area contributed by atoms with E-state index in [4.69, 9.17) is 0 Å². The first-order chi connectivity index (χ1) is 12.5. The molecule has 1 fully saturated rings. The lowest BCUT2D eigenvalue weighted by Crippen LogP contribution is -3.00. The Morgan fingerprint density at radius 3 is 2.48 bits per heavy atom. The molecule has 0 radical (unpaired) electrons. The Morgan fingerprint density at radius 2 is 1.96 bits per heavy atom. The zero-order valence-corrected chi connectivity index (χ0v) is 17.5. The summed E-state index contributed by atoms with van der Waals surface area (Å²) in [5.41, 5.74) is 3.34. The maximum Gasteiger partial charge on any atom is 0.266 e. The van der Waals surface area contributed by atoms with Gasteiger partial charge in [-0.05, 0) is 63.3 Å². The van der Waals surface area contributed by atoms with Gasteiger partial charge in [-0.25, -0.2) is 0 Å². The van der Waals surface area contributed by atoms with Crippen LogP contribution in [0.1, 0.15) is 39.2 Å². The number of nitrogens with one attached hydrogen (secondary N) is 1. The number of nitriles is 1. The molecular weight excluding hydrogens is 360 g/mol. The molecule has 2 rings (SSSR count). The van der Waals surface area contributed by atoms with Crippen LogP contribution in [0.25, 0.3) is 0 Å². The minimum atomic E-state index is -0.177. The average Bonchev–Trinajstić information content (AvgIpc) is 2.65. The van der Waals surface area contributed by atoms with Gasteiger partial charge in [-0.1, -0.05) is 6.92 Å². The number of amides is 1. The van der Waals surface area contributed by atoms with Crippen LogP contribution in [0.3, 0.4) is 0 Å². The van der Waals surface area contributed by atoms with E-state index in [9.17, 15) is 10.1 Å². The second-order valence-electron chi connectivity index (χ2n) is 6.96. The van der Waals surface area contributed by atoms with Gasteiger partial charge in [0.25, 0.3) is 5.91 Å². The van der Waals surface area contributed by atoms with Crippen molar-refractivity contribution >= 4 is 17.3 Å². The van der Waals surface area contributed by atoms with Gasteiger partial charge >= 0.3 is 0 Å². The average molecular weight is 390 g/mol. The van der Waals surface area contributed by atoms with Crippen molar-refractivity contribution < 1.29 is 17.2 Å². The van der Waals surface area contributed by atoms with Gasteiger partial charge in [0.05, 0.1) is 0 Å². The summed E-state index contributed by atoms with van der Waals surface area (Å²) in [4.78, 5) is 16.6. The van der Waals surface area contributed by atoms with Crippen molar-refractivity contribution in [3.8, 4) is 6.07 Å². The third-order valence-electron chi connectivity index (χ3n) is 5.13. The van der Waals surface area contributed by atoms with Gasteiger partial charge in [-0.15, -0.1) is 0 Å². The summed E-state index contributed by atoms with van der Waals surface area (Å²) in [5.74, 6) is 0.475. The molecule has 1 saturated heterocycles. The van der Waals surface area contributed by atoms with E-state index < -0.39 is 0 Å². The van der Waals surface area contributed by atoms with E-state index in [0.29, 0.717) is 5.92 Å². The van der Waals surface area contributed by atoms with Crippen LogP contribution in [0, 0.1) is 24.2 Å². The first kappa shape index (κ1) is 22.9. The van der Waals surface area contributed by atoms with Gasteiger partial charge in [0.1, 0.15) is 11.6 Å². The quantitative estimate of drug-likeness (QED) is 0.580. The van der Waals surface area contributed by atoms with E-state index in [1.54, 1.807) is 11.1 Å². The Labute approximate surface area is 169 Å². The molecule has 0 aromatic heterocycles. The Hall–Kier alpha value is -2.19. The van der Waals surface area contributed by atoms with Crippen LogP contribution < -0.4 is 22.6 Å². The predicted molar refractivity (Wildman–Crippen MR) is 107 cm³/mol. The lowest BCUT2D eigenvalue weighted by atomic mass is 9.99. The van der Waals surface area contributed by atoms with Crippen LogP contribution in [0.5, 0.6) is 0 Å². The lowest BCUT2D eigenvalue weighted by molar-refractivity contribution is -0.128. The summed E-state index contributed by atoms with van der Waals surface area (Å²) in [6, 6.07) is 8.24. The van der Waals surface area contributed by atoms with Crippen LogP contribution in [0.4, 0.5) is 11.4 Å². The molecule has 0 spiro atoms. The Morgan fingerprint density at radius 1 is 1.33 bits per heavy atom. The summed E-state index contributed by atoms with van der Waals surface area (Å²) >= 11 is 0. The molecule has 1 aromatic rings. The first-order valence-corrected chi connectivity index (χ1v) is 9.51. The highest BCUT2D eigenvalue weighted by atomic mass is 35.5. The highest BCUT2D eigenvalue weighted by Crippen LogP contribution is 2.23. The van der Waals surface area contributed by atoms with Crippen molar-refractivity contribution in [3.05, 3.63) is 35.5 Å². The molecule has 6 heteroatoms. The van der Waals surface area contributed by atoms with Crippen molar-refractivity contribution in [1.29, 1.82) is 5.26 Å². The molecule has 1 heterocycles. The van der Waals surface area contributed by atoms with Gasteiger partial charge in [-0.3, -0.25) is 4.79 Å². The second kappa shape index (κ2) is 10.8. The molecule has 1 aliphatic rings. The van der Waals surface area contributed by atoms with Gasteiger partial charge < -0.3 is 27.5 Å². The van der Waals surface area contributed by atoms with E-state index in [1.165, 1.54) is 5.69 Å². The number of aryl methyl sites for hydroxylation is 1. The first-order valence-electron chi connectivity index (χ1n) is 9.51. The standard InChI is InChI=1S/C21H30N4O.ClH/c1-5-24(6-2)19-7-8-20(17(4)13-19)23-15-18(14-22)21(26)25-11-9-16(3)10-12-25;/h7-8,13,15-16,23H,5-6,9-12H2,1-4H3;1H/p-1/b18-15-;. The molecule has 0 saturated carbocycles. The Kier molecular flexibility index (Phi) is 9.17. The molecule has 1 N–H and O–H groups in total. The monoisotopic (exact) mass is 389 g/mol. The van der Waals surface area contributed by atoms with Gasteiger partial charge in [0.15, 0.2) is 0 Å². The molecule has 0 unspecified atom stereocenters. The SMILES string of the molecule is CCN(CC)c1ccc(N/C=C(/C#N)C(=O)N2CCC(C)CC2)c(C)c1.[Cl-]. The van der Waals surface area contributed by atoms with Crippen LogP contribution in [-0.2, 0) is 4.79 Å². The fraction of sp³-hybridized carbons (Fsp3) is 0.524. The predicted octanol–water partition coefficient (Wildman–Crippen LogP) is 0.923. The topological polar surface area (TPSA) is 59.4 Å². The Balaban J connectivity index is 0.00000364. The number of nitrogens with zero attached hydrogens (tertiary/aromatic N) is 3. The molecule has 1 aromatic carbocycles. The molecule has 0 aliphatic carbocycles. The van der Waals surface area contributed by atoms with Crippen molar-refractivity contribution in [3.63, 3.8) is 0 Å². The fourth-order valence-electron chi connectivity index (χ4n) is 3.27.